The highest BCUT2D eigenvalue weighted by molar-refractivity contribution is 5.33. The van der Waals surface area contributed by atoms with E-state index in [1.165, 1.54) is 29.5 Å². The molecule has 372 valence electrons. The van der Waals surface area contributed by atoms with E-state index in [9.17, 15) is 26.3 Å². The number of aryl methyl sites for hydroxylation is 6. The minimum Gasteiger partial charge on any atom is -0.494 e. The van der Waals surface area contributed by atoms with Crippen molar-refractivity contribution in [2.45, 2.75) is 118 Å². The maximum absolute atomic E-state index is 12.1. The summed E-state index contributed by atoms with van der Waals surface area (Å²) in [6, 6.07) is 44.7. The van der Waals surface area contributed by atoms with Crippen molar-refractivity contribution >= 4 is 0 Å². The average Bonchev–Trinajstić information content (AvgIpc) is 3.35. The van der Waals surface area contributed by atoms with Crippen molar-refractivity contribution < 1.29 is 54.8 Å². The molecule has 6 rings (SSSR count). The summed E-state index contributed by atoms with van der Waals surface area (Å²) in [5.41, 5.74) is 6.95. The smallest absolute Gasteiger partial charge is 0.387 e. The summed E-state index contributed by atoms with van der Waals surface area (Å²) in [7, 11) is 0. The SMILES string of the molecule is CCCCCOc1ccc(CCc2ccc(OC(F)F)cc2)cc1.CCCCOc1ccc(CCc2ccc(OC(F)F)cc2)cc1.CCCOc1ccc(CCc2ccc(OC(F)F)cc2)cc1. The van der Waals surface area contributed by atoms with E-state index in [1.807, 2.05) is 72.8 Å². The zero-order chi connectivity index (χ0) is 49.5. The van der Waals surface area contributed by atoms with Gasteiger partial charge in [-0.05, 0) is 164 Å². The maximum Gasteiger partial charge on any atom is 0.387 e. The summed E-state index contributed by atoms with van der Waals surface area (Å²) >= 11 is 0. The van der Waals surface area contributed by atoms with Crippen LogP contribution in [0.25, 0.3) is 0 Å². The van der Waals surface area contributed by atoms with Gasteiger partial charge in [0.2, 0.25) is 0 Å². The predicted octanol–water partition coefficient (Wildman–Crippen LogP) is 15.8. The average molecular weight is 961 g/mol. The van der Waals surface area contributed by atoms with Crippen molar-refractivity contribution in [1.82, 2.24) is 0 Å². The first-order valence-corrected chi connectivity index (χ1v) is 23.8. The molecule has 0 aromatic heterocycles. The number of rotatable bonds is 27. The third-order valence-corrected chi connectivity index (χ3v) is 10.6. The van der Waals surface area contributed by atoms with Gasteiger partial charge in [0.1, 0.15) is 34.5 Å². The molecule has 6 nitrogen and oxygen atoms in total. The van der Waals surface area contributed by atoms with E-state index in [4.69, 9.17) is 14.2 Å². The fourth-order valence-corrected chi connectivity index (χ4v) is 6.73. The van der Waals surface area contributed by atoms with Gasteiger partial charge in [0.15, 0.2) is 0 Å². The van der Waals surface area contributed by atoms with Crippen molar-refractivity contribution in [3.8, 4) is 34.5 Å². The van der Waals surface area contributed by atoms with Gasteiger partial charge in [-0.25, -0.2) is 0 Å². The van der Waals surface area contributed by atoms with E-state index in [0.717, 1.165) is 118 Å². The Hall–Kier alpha value is -6.30. The Balaban J connectivity index is 0.000000226. The summed E-state index contributed by atoms with van der Waals surface area (Å²) < 4.78 is 102. The molecule has 0 heterocycles. The molecule has 0 bridgehead atoms. The number of ether oxygens (including phenoxy) is 6. The van der Waals surface area contributed by atoms with Gasteiger partial charge in [-0.2, -0.15) is 26.3 Å². The number of hydrogen-bond donors (Lipinski definition) is 0. The van der Waals surface area contributed by atoms with E-state index in [-0.39, 0.29) is 17.2 Å². The number of unbranched alkanes of at least 4 members (excludes halogenated alkanes) is 3. The molecule has 0 aliphatic rings. The van der Waals surface area contributed by atoms with Crippen molar-refractivity contribution in [2.24, 2.45) is 0 Å². The molecular formula is C57H66F6O6. The lowest BCUT2D eigenvalue weighted by Gasteiger charge is -2.08. The van der Waals surface area contributed by atoms with Gasteiger partial charge in [0, 0.05) is 0 Å². The number of benzene rings is 6. The quantitative estimate of drug-likeness (QED) is 0.0379. The lowest BCUT2D eigenvalue weighted by Crippen LogP contribution is -2.01. The number of halogens is 6. The molecule has 0 aliphatic carbocycles. The second-order valence-electron chi connectivity index (χ2n) is 16.1. The summed E-state index contributed by atoms with van der Waals surface area (Å²) in [4.78, 5) is 0. The highest BCUT2D eigenvalue weighted by Crippen LogP contribution is 2.21. The maximum atomic E-state index is 12.1. The molecule has 6 aromatic rings. The monoisotopic (exact) mass is 960 g/mol. The standard InChI is InChI=1S/C20H24F2O2.C19H22F2O2.C18H20F2O2/c1-2-3-4-15-23-18-11-7-16(8-12-18)5-6-17-9-13-19(14-10-17)24-20(21)22;1-2-3-14-22-17-10-6-15(7-11-17)4-5-16-8-12-18(13-9-16)23-19(20)21;1-2-13-21-16-9-5-14(6-10-16)3-4-15-7-11-17(12-8-15)22-18(19)20/h7-14,20H,2-6,15H2,1H3;6-13,19H,2-5,14H2,1H3;5-12,18H,2-4,13H2,1H3. The Bertz CT molecular complexity index is 2200. The van der Waals surface area contributed by atoms with Crippen LogP contribution in [-0.2, 0) is 38.5 Å². The van der Waals surface area contributed by atoms with Crippen LogP contribution in [0, 0.1) is 0 Å². The zero-order valence-electron chi connectivity index (χ0n) is 39.9. The zero-order valence-corrected chi connectivity index (χ0v) is 39.9. The van der Waals surface area contributed by atoms with Crippen LogP contribution in [0.1, 0.15) is 92.7 Å². The third-order valence-electron chi connectivity index (χ3n) is 10.6. The van der Waals surface area contributed by atoms with Crippen LogP contribution in [0.2, 0.25) is 0 Å². The topological polar surface area (TPSA) is 55.4 Å². The summed E-state index contributed by atoms with van der Waals surface area (Å²) in [6.45, 7) is 0.297. The number of alkyl halides is 6. The molecule has 6 aromatic carbocycles. The number of hydrogen-bond acceptors (Lipinski definition) is 6. The molecule has 0 amide bonds. The first kappa shape index (κ1) is 55.3. The second-order valence-corrected chi connectivity index (χ2v) is 16.1. The van der Waals surface area contributed by atoms with Crippen molar-refractivity contribution in [1.29, 1.82) is 0 Å². The van der Waals surface area contributed by atoms with Crippen LogP contribution in [0.15, 0.2) is 146 Å². The molecular weight excluding hydrogens is 895 g/mol. The molecule has 0 fully saturated rings. The first-order chi connectivity index (χ1) is 33.5. The molecule has 69 heavy (non-hydrogen) atoms. The lowest BCUT2D eigenvalue weighted by atomic mass is 10.0. The highest BCUT2D eigenvalue weighted by atomic mass is 19.3. The summed E-state index contributed by atoms with van der Waals surface area (Å²) in [6.07, 6.45) is 11.9. The molecule has 0 atom stereocenters. The van der Waals surface area contributed by atoms with E-state index < -0.39 is 19.8 Å². The molecule has 12 heteroatoms. The molecule has 0 saturated carbocycles. The normalized spacial score (nSPS) is 10.8. The minimum atomic E-state index is -2.78. The van der Waals surface area contributed by atoms with Crippen LogP contribution < -0.4 is 28.4 Å². The lowest BCUT2D eigenvalue weighted by molar-refractivity contribution is -0.0505. The molecule has 0 radical (unpaired) electrons. The Kier molecular flexibility index (Phi) is 26.0. The molecule has 0 spiro atoms. The van der Waals surface area contributed by atoms with Gasteiger partial charge in [0.25, 0.3) is 0 Å². The third kappa shape index (κ3) is 24.0. The van der Waals surface area contributed by atoms with Gasteiger partial charge in [-0.15, -0.1) is 0 Å². The fourth-order valence-electron chi connectivity index (χ4n) is 6.73. The van der Waals surface area contributed by atoms with Gasteiger partial charge in [-0.1, -0.05) is 113 Å². The van der Waals surface area contributed by atoms with Gasteiger partial charge >= 0.3 is 19.8 Å². The van der Waals surface area contributed by atoms with Crippen LogP contribution in [-0.4, -0.2) is 39.7 Å². The summed E-state index contributed by atoms with van der Waals surface area (Å²) in [5, 5.41) is 0. The van der Waals surface area contributed by atoms with Crippen LogP contribution in [0.4, 0.5) is 26.3 Å². The van der Waals surface area contributed by atoms with Crippen molar-refractivity contribution in [3.05, 3.63) is 179 Å². The molecule has 0 aliphatic heterocycles. The second kappa shape index (κ2) is 32.4. The molecule has 0 saturated heterocycles. The Morgan fingerprint density at radius 1 is 0.275 bits per heavy atom. The van der Waals surface area contributed by atoms with Gasteiger partial charge in [-0.3, -0.25) is 0 Å². The summed E-state index contributed by atoms with van der Waals surface area (Å²) in [5.74, 6) is 3.27. The first-order valence-electron chi connectivity index (χ1n) is 23.8. The van der Waals surface area contributed by atoms with E-state index in [2.05, 4.69) is 71.4 Å². The van der Waals surface area contributed by atoms with Crippen LogP contribution >= 0.6 is 0 Å². The fraction of sp³-hybridized carbons (Fsp3) is 0.368. The van der Waals surface area contributed by atoms with Crippen molar-refractivity contribution in [3.63, 3.8) is 0 Å². The molecule has 0 unspecified atom stereocenters. The van der Waals surface area contributed by atoms with E-state index in [0.29, 0.717) is 0 Å². The predicted molar refractivity (Wildman–Crippen MR) is 262 cm³/mol. The van der Waals surface area contributed by atoms with Crippen LogP contribution in [0.3, 0.4) is 0 Å². The highest BCUT2D eigenvalue weighted by Gasteiger charge is 2.07. The van der Waals surface area contributed by atoms with E-state index >= 15 is 0 Å². The van der Waals surface area contributed by atoms with Crippen molar-refractivity contribution in [2.75, 3.05) is 19.8 Å². The Morgan fingerprint density at radius 3 is 0.739 bits per heavy atom. The van der Waals surface area contributed by atoms with Gasteiger partial charge in [0.05, 0.1) is 19.8 Å². The van der Waals surface area contributed by atoms with Gasteiger partial charge < -0.3 is 28.4 Å². The molecule has 0 N–H and O–H groups in total. The Morgan fingerprint density at radius 2 is 0.507 bits per heavy atom. The largest absolute Gasteiger partial charge is 0.494 e. The van der Waals surface area contributed by atoms with Crippen LogP contribution in [0.5, 0.6) is 34.5 Å². The Labute approximate surface area is 404 Å². The minimum absolute atomic E-state index is 0.191. The van der Waals surface area contributed by atoms with E-state index in [1.54, 1.807) is 36.4 Å².